The van der Waals surface area contributed by atoms with E-state index in [1.54, 1.807) is 0 Å². The number of hydrogen-bond donors (Lipinski definition) is 5. The van der Waals surface area contributed by atoms with Gasteiger partial charge in [-0.3, -0.25) is 9.35 Å². The smallest absolute Gasteiger partial charge is 0.267 e. The number of hydrogen-bond acceptors (Lipinski definition) is 6. The van der Waals surface area contributed by atoms with Crippen LogP contribution in [0.3, 0.4) is 0 Å². The summed E-state index contributed by atoms with van der Waals surface area (Å²) in [7, 11) is -4.15. The Labute approximate surface area is 234 Å². The van der Waals surface area contributed by atoms with E-state index in [4.69, 9.17) is 0 Å². The first kappa shape index (κ1) is 29.7. The molecule has 5 fully saturated rings. The van der Waals surface area contributed by atoms with E-state index in [0.717, 1.165) is 38.5 Å². The first-order valence-corrected chi connectivity index (χ1v) is 17.1. The zero-order valence-corrected chi connectivity index (χ0v) is 25.0. The lowest BCUT2D eigenvalue weighted by molar-refractivity contribution is -0.228. The molecule has 0 aromatic carbocycles. The molecule has 0 spiro atoms. The van der Waals surface area contributed by atoms with Crippen LogP contribution in [-0.2, 0) is 14.9 Å². The lowest BCUT2D eigenvalue weighted by Gasteiger charge is -2.65. The Morgan fingerprint density at radius 3 is 2.31 bits per heavy atom. The van der Waals surface area contributed by atoms with Gasteiger partial charge in [0, 0.05) is 6.42 Å². The number of carbonyl (C=O) groups excluding carboxylic acids is 1. The first-order chi connectivity index (χ1) is 18.1. The zero-order valence-electron chi connectivity index (χ0n) is 24.2. The second kappa shape index (κ2) is 10.2. The van der Waals surface area contributed by atoms with Crippen molar-refractivity contribution >= 4 is 16.0 Å². The number of amides is 1. The first-order valence-electron chi connectivity index (χ1n) is 15.5. The van der Waals surface area contributed by atoms with Gasteiger partial charge in [-0.2, -0.15) is 8.42 Å². The van der Waals surface area contributed by atoms with Crippen molar-refractivity contribution in [1.82, 2.24) is 5.32 Å². The molecule has 5 aliphatic rings. The van der Waals surface area contributed by atoms with Gasteiger partial charge in [-0.15, -0.1) is 0 Å². The summed E-state index contributed by atoms with van der Waals surface area (Å²) < 4.78 is 31.9. The second-order valence-corrected chi connectivity index (χ2v) is 16.2. The van der Waals surface area contributed by atoms with Gasteiger partial charge in [0.2, 0.25) is 5.91 Å². The highest BCUT2D eigenvalue weighted by atomic mass is 32.2. The zero-order chi connectivity index (χ0) is 28.5. The third kappa shape index (κ3) is 5.10. The van der Waals surface area contributed by atoms with Crippen molar-refractivity contribution in [2.45, 2.75) is 122 Å². The van der Waals surface area contributed by atoms with E-state index >= 15 is 0 Å². The highest BCUT2D eigenvalue weighted by molar-refractivity contribution is 7.85. The van der Waals surface area contributed by atoms with Crippen LogP contribution in [0.5, 0.6) is 0 Å². The topological polar surface area (TPSA) is 144 Å². The summed E-state index contributed by atoms with van der Waals surface area (Å²) in [6.07, 6.45) is 6.92. The molecule has 0 heterocycles. The van der Waals surface area contributed by atoms with Crippen molar-refractivity contribution in [3.8, 4) is 0 Å². The van der Waals surface area contributed by atoms with Crippen LogP contribution in [-0.4, -0.2) is 63.8 Å². The Hall–Kier alpha value is -0.740. The summed E-state index contributed by atoms with van der Waals surface area (Å²) in [5.41, 5.74) is -1.12. The highest BCUT2D eigenvalue weighted by Gasteiger charge is 2.67. The third-order valence-corrected chi connectivity index (χ3v) is 13.7. The lowest BCUT2D eigenvalue weighted by Crippen LogP contribution is -2.65. The predicted octanol–water partition coefficient (Wildman–Crippen LogP) is 3.54. The van der Waals surface area contributed by atoms with E-state index in [9.17, 15) is 33.1 Å². The molecule has 12 atom stereocenters. The van der Waals surface area contributed by atoms with E-state index in [2.05, 4.69) is 33.0 Å². The Bertz CT molecular complexity index is 1050. The fourth-order valence-corrected chi connectivity index (χ4v) is 11.7. The molecule has 1 amide bonds. The Balaban J connectivity index is 1.30. The van der Waals surface area contributed by atoms with E-state index in [-0.39, 0.29) is 70.7 Å². The van der Waals surface area contributed by atoms with E-state index in [1.165, 1.54) is 0 Å². The minimum absolute atomic E-state index is 0.0225. The Morgan fingerprint density at radius 2 is 1.69 bits per heavy atom. The molecule has 0 bridgehead atoms. The summed E-state index contributed by atoms with van der Waals surface area (Å²) in [5.74, 6) is 0.901. The fraction of sp³-hybridized carbons (Fsp3) is 0.967. The molecule has 5 N–H and O–H groups in total. The maximum Gasteiger partial charge on any atom is 0.267 e. The van der Waals surface area contributed by atoms with Crippen molar-refractivity contribution < 1.29 is 33.1 Å². The van der Waals surface area contributed by atoms with Crippen LogP contribution in [0, 0.1) is 52.3 Å². The molecule has 5 aliphatic carbocycles. The van der Waals surface area contributed by atoms with Gasteiger partial charge in [-0.1, -0.05) is 34.1 Å². The Morgan fingerprint density at radius 1 is 1.00 bits per heavy atom. The Kier molecular flexibility index (Phi) is 7.79. The van der Waals surface area contributed by atoms with Crippen LogP contribution in [0.1, 0.15) is 98.3 Å². The van der Waals surface area contributed by atoms with Crippen LogP contribution in [0.15, 0.2) is 0 Å². The molecule has 39 heavy (non-hydrogen) atoms. The number of aliphatic hydroxyl groups excluding tert-OH is 3. The van der Waals surface area contributed by atoms with Gasteiger partial charge < -0.3 is 20.6 Å². The van der Waals surface area contributed by atoms with E-state index in [1.807, 2.05) is 0 Å². The number of carbonyl (C=O) groups is 1. The SMILES string of the molecule is CC[C@H]1[C@@H](O)[C@@H]2[C@H](C[C@H](O)[C@]3(C)[C@@H]([C@H](C)CCC(=O)NC4(CS(=O)(=O)O)CC4)CC[C@@H]23)[C@@]2(C)CC[C@@H](O)C[C@@H]12. The minimum atomic E-state index is -4.15. The second-order valence-electron chi connectivity index (χ2n) is 14.8. The van der Waals surface area contributed by atoms with Crippen molar-refractivity contribution in [3.05, 3.63) is 0 Å². The van der Waals surface area contributed by atoms with Gasteiger partial charge in [-0.05, 0) is 110 Å². The van der Waals surface area contributed by atoms with Gasteiger partial charge in [0.15, 0.2) is 0 Å². The third-order valence-electron chi connectivity index (χ3n) is 12.8. The molecule has 5 saturated carbocycles. The maximum absolute atomic E-state index is 12.7. The van der Waals surface area contributed by atoms with Crippen LogP contribution in [0.25, 0.3) is 0 Å². The summed E-state index contributed by atoms with van der Waals surface area (Å²) >= 11 is 0. The molecular formula is C30H51NO7S. The van der Waals surface area contributed by atoms with Gasteiger partial charge in [0.25, 0.3) is 10.1 Å². The molecule has 5 rings (SSSR count). The van der Waals surface area contributed by atoms with Crippen LogP contribution >= 0.6 is 0 Å². The summed E-state index contributed by atoms with van der Waals surface area (Å²) in [6, 6.07) is 0. The quantitative estimate of drug-likeness (QED) is 0.281. The largest absolute Gasteiger partial charge is 0.393 e. The number of fused-ring (bicyclic) bond motifs is 5. The fourth-order valence-electron chi connectivity index (χ4n) is 10.6. The van der Waals surface area contributed by atoms with Crippen molar-refractivity contribution in [3.63, 3.8) is 0 Å². The van der Waals surface area contributed by atoms with Crippen molar-refractivity contribution in [2.24, 2.45) is 52.3 Å². The molecule has 0 radical (unpaired) electrons. The average molecular weight is 570 g/mol. The molecule has 224 valence electrons. The molecular weight excluding hydrogens is 518 g/mol. The van der Waals surface area contributed by atoms with Crippen molar-refractivity contribution in [1.29, 1.82) is 0 Å². The van der Waals surface area contributed by atoms with Gasteiger partial charge >= 0.3 is 0 Å². The lowest BCUT2D eigenvalue weighted by atomic mass is 9.41. The average Bonchev–Trinajstić information content (AvgIpc) is 3.47. The summed E-state index contributed by atoms with van der Waals surface area (Å²) in [4.78, 5) is 12.7. The van der Waals surface area contributed by atoms with Crippen LogP contribution in [0.4, 0.5) is 0 Å². The molecule has 8 nitrogen and oxygen atoms in total. The summed E-state index contributed by atoms with van der Waals surface area (Å²) in [5, 5.41) is 37.0. The van der Waals surface area contributed by atoms with Gasteiger partial charge in [0.1, 0.15) is 0 Å². The van der Waals surface area contributed by atoms with E-state index < -0.39 is 33.6 Å². The molecule has 0 unspecified atom stereocenters. The molecule has 0 aromatic rings. The van der Waals surface area contributed by atoms with Gasteiger partial charge in [0.05, 0.1) is 29.6 Å². The molecule has 0 saturated heterocycles. The normalized spacial score (nSPS) is 47.4. The van der Waals surface area contributed by atoms with Crippen molar-refractivity contribution in [2.75, 3.05) is 5.75 Å². The molecule has 9 heteroatoms. The number of aliphatic hydroxyl groups is 3. The number of rotatable bonds is 8. The minimum Gasteiger partial charge on any atom is -0.393 e. The predicted molar refractivity (Wildman–Crippen MR) is 148 cm³/mol. The molecule has 0 aliphatic heterocycles. The maximum atomic E-state index is 12.7. The van der Waals surface area contributed by atoms with E-state index in [0.29, 0.717) is 25.7 Å². The highest BCUT2D eigenvalue weighted by Crippen LogP contribution is 2.69. The van der Waals surface area contributed by atoms with Gasteiger partial charge in [-0.25, -0.2) is 0 Å². The summed E-state index contributed by atoms with van der Waals surface area (Å²) in [6.45, 7) is 8.93. The monoisotopic (exact) mass is 569 g/mol. The number of nitrogens with one attached hydrogen (secondary N) is 1. The standard InChI is InChI=1S/C30H51NO7S/c1-5-19-22-14-18(32)10-11-28(22,3)23-15-24(33)29(4)20(7-8-21(29)26(23)27(19)35)17(2)6-9-25(34)31-30(12-13-30)16-39(36,37)38/h17-24,26-27,32-33,35H,5-16H2,1-4H3,(H,31,34)(H,36,37,38)/t17-,18-,19-,20-,21+,22+,23+,24+,26+,27-,28+,29-/m1/s1. The van der Waals surface area contributed by atoms with Crippen LogP contribution in [0.2, 0.25) is 0 Å². The van der Waals surface area contributed by atoms with Crippen LogP contribution < -0.4 is 5.32 Å². The molecule has 0 aromatic heterocycles.